The largest absolute Gasteiger partial charge is 0.478 e. The van der Waals surface area contributed by atoms with Crippen molar-refractivity contribution in [2.75, 3.05) is 0 Å². The van der Waals surface area contributed by atoms with E-state index in [2.05, 4.69) is 24.0 Å². The summed E-state index contributed by atoms with van der Waals surface area (Å²) in [5, 5.41) is 15.6. The molecule has 1 aromatic rings. The third kappa shape index (κ3) is 1.31. The normalized spacial score (nSPS) is 17.0. The zero-order chi connectivity index (χ0) is 10.3. The number of rotatable bonds is 3. The first-order valence-electron chi connectivity index (χ1n) is 4.80. The average Bonchev–Trinajstić information content (AvgIpc) is 2.82. The van der Waals surface area contributed by atoms with E-state index >= 15 is 0 Å². The fourth-order valence-electron chi connectivity index (χ4n) is 1.95. The molecule has 14 heavy (non-hydrogen) atoms. The molecule has 1 saturated carbocycles. The highest BCUT2D eigenvalue weighted by atomic mass is 16.4. The molecule has 1 aliphatic carbocycles. The first-order chi connectivity index (χ1) is 6.53. The molecule has 0 atom stereocenters. The van der Waals surface area contributed by atoms with Crippen LogP contribution in [0.15, 0.2) is 6.20 Å². The van der Waals surface area contributed by atoms with Crippen LogP contribution in [0, 0.1) is 5.92 Å². The Bertz CT molecular complexity index is 364. The van der Waals surface area contributed by atoms with E-state index in [9.17, 15) is 4.79 Å². The Morgan fingerprint density at radius 2 is 2.29 bits per heavy atom. The lowest BCUT2D eigenvalue weighted by Crippen LogP contribution is -2.23. The molecule has 1 aromatic heterocycles. The van der Waals surface area contributed by atoms with Gasteiger partial charge in [-0.2, -0.15) is 5.10 Å². The van der Waals surface area contributed by atoms with Crippen LogP contribution in [-0.4, -0.2) is 21.3 Å². The molecule has 1 heterocycles. The number of aromatic carboxylic acids is 1. The minimum absolute atomic E-state index is 0.0930. The van der Waals surface area contributed by atoms with Crippen LogP contribution >= 0.6 is 0 Å². The SMILES string of the molecule is CC(C)(c1[nH]ncc1C(=O)O)C1CC1. The molecule has 0 aromatic carbocycles. The van der Waals surface area contributed by atoms with Crippen molar-refractivity contribution in [3.8, 4) is 0 Å². The second-order valence-electron chi connectivity index (χ2n) is 4.46. The zero-order valence-corrected chi connectivity index (χ0v) is 8.37. The molecule has 0 radical (unpaired) electrons. The molecule has 0 spiro atoms. The predicted octanol–water partition coefficient (Wildman–Crippen LogP) is 1.80. The lowest BCUT2D eigenvalue weighted by atomic mass is 9.82. The van der Waals surface area contributed by atoms with E-state index in [-0.39, 0.29) is 5.41 Å². The first kappa shape index (κ1) is 9.24. The van der Waals surface area contributed by atoms with Gasteiger partial charge in [0.15, 0.2) is 0 Å². The third-order valence-corrected chi connectivity index (χ3v) is 3.11. The molecular formula is C10H14N2O2. The summed E-state index contributed by atoms with van der Waals surface area (Å²) >= 11 is 0. The van der Waals surface area contributed by atoms with Gasteiger partial charge in [-0.1, -0.05) is 13.8 Å². The maximum atomic E-state index is 10.9. The number of carboxylic acid groups (broad SMARTS) is 1. The maximum absolute atomic E-state index is 10.9. The maximum Gasteiger partial charge on any atom is 0.339 e. The molecule has 0 bridgehead atoms. The van der Waals surface area contributed by atoms with Crippen LogP contribution in [0.1, 0.15) is 42.7 Å². The summed E-state index contributed by atoms with van der Waals surface area (Å²) in [4.78, 5) is 10.9. The van der Waals surface area contributed by atoms with E-state index in [1.54, 1.807) is 0 Å². The number of hydrogen-bond acceptors (Lipinski definition) is 2. The molecule has 1 fully saturated rings. The van der Waals surface area contributed by atoms with Crippen molar-refractivity contribution in [1.29, 1.82) is 0 Å². The van der Waals surface area contributed by atoms with Gasteiger partial charge in [0.25, 0.3) is 0 Å². The molecule has 0 saturated heterocycles. The lowest BCUT2D eigenvalue weighted by molar-refractivity contribution is 0.0693. The number of H-pyrrole nitrogens is 1. The molecule has 4 nitrogen and oxygen atoms in total. The van der Waals surface area contributed by atoms with Crippen molar-refractivity contribution < 1.29 is 9.90 Å². The quantitative estimate of drug-likeness (QED) is 0.771. The number of carbonyl (C=O) groups is 1. The number of carboxylic acids is 1. The van der Waals surface area contributed by atoms with Gasteiger partial charge in [-0.25, -0.2) is 4.79 Å². The Kier molecular flexibility index (Phi) is 1.87. The van der Waals surface area contributed by atoms with Gasteiger partial charge < -0.3 is 5.11 Å². The van der Waals surface area contributed by atoms with E-state index < -0.39 is 5.97 Å². The Morgan fingerprint density at radius 3 is 2.79 bits per heavy atom. The summed E-state index contributed by atoms with van der Waals surface area (Å²) in [7, 11) is 0. The summed E-state index contributed by atoms with van der Waals surface area (Å²) in [6.07, 6.45) is 3.76. The Hall–Kier alpha value is -1.32. The van der Waals surface area contributed by atoms with Crippen LogP contribution in [0.4, 0.5) is 0 Å². The molecule has 2 rings (SSSR count). The van der Waals surface area contributed by atoms with E-state index in [4.69, 9.17) is 5.11 Å². The summed E-state index contributed by atoms with van der Waals surface area (Å²) in [6, 6.07) is 0. The number of nitrogens with one attached hydrogen (secondary N) is 1. The molecule has 1 aliphatic rings. The van der Waals surface area contributed by atoms with Gasteiger partial charge in [0, 0.05) is 5.41 Å². The van der Waals surface area contributed by atoms with Gasteiger partial charge in [0.2, 0.25) is 0 Å². The predicted molar refractivity (Wildman–Crippen MR) is 51.3 cm³/mol. The Morgan fingerprint density at radius 1 is 1.64 bits per heavy atom. The smallest absolute Gasteiger partial charge is 0.339 e. The minimum Gasteiger partial charge on any atom is -0.478 e. The van der Waals surface area contributed by atoms with Crippen LogP contribution in [0.5, 0.6) is 0 Å². The number of nitrogens with zero attached hydrogens (tertiary/aromatic N) is 1. The van der Waals surface area contributed by atoms with Gasteiger partial charge in [-0.05, 0) is 18.8 Å². The summed E-state index contributed by atoms with van der Waals surface area (Å²) in [5.74, 6) is -0.302. The Balaban J connectivity index is 2.39. The van der Waals surface area contributed by atoms with Crippen molar-refractivity contribution in [2.24, 2.45) is 5.92 Å². The molecule has 2 N–H and O–H groups in total. The fourth-order valence-corrected chi connectivity index (χ4v) is 1.95. The second kappa shape index (κ2) is 2.83. The van der Waals surface area contributed by atoms with Crippen molar-refractivity contribution in [3.05, 3.63) is 17.5 Å². The van der Waals surface area contributed by atoms with Crippen LogP contribution in [0.25, 0.3) is 0 Å². The monoisotopic (exact) mass is 194 g/mol. The molecule has 4 heteroatoms. The van der Waals surface area contributed by atoms with E-state index in [1.807, 2.05) is 0 Å². The number of aromatic amines is 1. The van der Waals surface area contributed by atoms with Crippen molar-refractivity contribution in [1.82, 2.24) is 10.2 Å². The van der Waals surface area contributed by atoms with Crippen molar-refractivity contribution in [2.45, 2.75) is 32.1 Å². The average molecular weight is 194 g/mol. The van der Waals surface area contributed by atoms with Crippen LogP contribution < -0.4 is 0 Å². The highest BCUT2D eigenvalue weighted by Gasteiger charge is 2.42. The van der Waals surface area contributed by atoms with Gasteiger partial charge in [-0.15, -0.1) is 0 Å². The fraction of sp³-hybridized carbons (Fsp3) is 0.600. The van der Waals surface area contributed by atoms with Gasteiger partial charge >= 0.3 is 5.97 Å². The number of aromatic nitrogens is 2. The minimum atomic E-state index is -0.900. The van der Waals surface area contributed by atoms with Crippen molar-refractivity contribution >= 4 is 5.97 Å². The number of hydrogen-bond donors (Lipinski definition) is 2. The van der Waals surface area contributed by atoms with Crippen LogP contribution in [-0.2, 0) is 5.41 Å². The van der Waals surface area contributed by atoms with Gasteiger partial charge in [-0.3, -0.25) is 5.10 Å². The summed E-state index contributed by atoms with van der Waals surface area (Å²) in [5.41, 5.74) is 0.971. The molecule has 76 valence electrons. The second-order valence-corrected chi connectivity index (χ2v) is 4.46. The molecule has 0 amide bonds. The van der Waals surface area contributed by atoms with Crippen molar-refractivity contribution in [3.63, 3.8) is 0 Å². The van der Waals surface area contributed by atoms with Gasteiger partial charge in [0.05, 0.1) is 11.9 Å². The van der Waals surface area contributed by atoms with Crippen LogP contribution in [0.2, 0.25) is 0 Å². The van der Waals surface area contributed by atoms with E-state index in [0.29, 0.717) is 11.5 Å². The summed E-state index contributed by atoms with van der Waals surface area (Å²) in [6.45, 7) is 4.15. The third-order valence-electron chi connectivity index (χ3n) is 3.11. The highest BCUT2D eigenvalue weighted by molar-refractivity contribution is 5.89. The standard InChI is InChI=1S/C10H14N2O2/c1-10(2,6-3-4-6)8-7(9(13)14)5-11-12-8/h5-6H,3-4H2,1-2H3,(H,11,12)(H,13,14). The lowest BCUT2D eigenvalue weighted by Gasteiger charge is -2.23. The zero-order valence-electron chi connectivity index (χ0n) is 8.37. The van der Waals surface area contributed by atoms with E-state index in [0.717, 1.165) is 5.69 Å². The Labute approximate surface area is 82.3 Å². The van der Waals surface area contributed by atoms with Crippen LogP contribution in [0.3, 0.4) is 0 Å². The van der Waals surface area contributed by atoms with Gasteiger partial charge in [0.1, 0.15) is 5.56 Å². The topological polar surface area (TPSA) is 66.0 Å². The van der Waals surface area contributed by atoms with E-state index in [1.165, 1.54) is 19.0 Å². The highest BCUT2D eigenvalue weighted by Crippen LogP contribution is 2.47. The molecule has 0 aliphatic heterocycles. The first-order valence-corrected chi connectivity index (χ1v) is 4.80. The molecular weight excluding hydrogens is 180 g/mol. The molecule has 0 unspecified atom stereocenters. The summed E-state index contributed by atoms with van der Waals surface area (Å²) < 4.78 is 0.